The molecule has 4 aromatic carbocycles. The molecule has 0 saturated carbocycles. The van der Waals surface area contributed by atoms with Crippen LogP contribution in [0.2, 0.25) is 0 Å². The van der Waals surface area contributed by atoms with Crippen molar-refractivity contribution in [3.8, 4) is 28.9 Å². The summed E-state index contributed by atoms with van der Waals surface area (Å²) >= 11 is 0. The molecule has 0 atom stereocenters. The molecular weight excluding hydrogens is 766 g/mol. The van der Waals surface area contributed by atoms with Gasteiger partial charge in [-0.25, -0.2) is 17.8 Å². The average molecular weight is 791 g/mol. The molecule has 6 rings (SSSR count). The second-order valence-corrected chi connectivity index (χ2v) is 12.0. The van der Waals surface area contributed by atoms with Gasteiger partial charge in [0.25, 0.3) is 5.69 Å². The van der Waals surface area contributed by atoms with E-state index in [1.54, 1.807) is 73.7 Å². The number of para-hydroxylation sites is 2. The summed E-state index contributed by atoms with van der Waals surface area (Å²) in [5.41, 5.74) is -0.185. The number of non-ortho nitro benzene ring substituents is 1. The normalized spacial score (nSPS) is 11.2. The third-order valence-corrected chi connectivity index (χ3v) is 7.96. The number of carboxylic acids is 1. The first kappa shape index (κ1) is 40.0. The van der Waals surface area contributed by atoms with Gasteiger partial charge in [0.1, 0.15) is 21.5 Å². The van der Waals surface area contributed by atoms with Crippen molar-refractivity contribution in [2.24, 2.45) is 20.5 Å². The number of benzene rings is 4. The van der Waals surface area contributed by atoms with Gasteiger partial charge in [-0.3, -0.25) is 10.1 Å². The van der Waals surface area contributed by atoms with Gasteiger partial charge in [0.05, 0.1) is 49.9 Å². The van der Waals surface area contributed by atoms with E-state index in [1.165, 1.54) is 23.7 Å². The predicted molar refractivity (Wildman–Crippen MR) is 177 cm³/mol. The number of nitrogens with zero attached hydrogens (tertiary/aromatic N) is 9. The maximum absolute atomic E-state index is 12.5. The second-order valence-electron chi connectivity index (χ2n) is 10.7. The number of nitro groups is 1. The van der Waals surface area contributed by atoms with Crippen molar-refractivity contribution in [3.05, 3.63) is 124 Å². The first-order chi connectivity index (χ1) is 25.2. The Labute approximate surface area is 318 Å². The van der Waals surface area contributed by atoms with Crippen LogP contribution in [-0.2, 0) is 27.5 Å². The molecule has 0 N–H and O–H groups in total. The molecule has 1 radical (unpaired) electrons. The molecule has 2 aromatic heterocycles. The number of rotatable bonds is 9. The number of hydrogen-bond donors (Lipinski definition) is 0. The van der Waals surface area contributed by atoms with Crippen LogP contribution < -0.4 is 20.4 Å². The van der Waals surface area contributed by atoms with Crippen LogP contribution >= 0.6 is 0 Å². The first-order valence-electron chi connectivity index (χ1n) is 14.9. The number of aromatic nitrogens is 4. The Morgan fingerprint density at radius 1 is 0.722 bits per heavy atom. The number of aryl methyl sites for hydroxylation is 2. The van der Waals surface area contributed by atoms with Crippen LogP contribution in [0.4, 0.5) is 28.4 Å². The van der Waals surface area contributed by atoms with E-state index < -0.39 is 54.8 Å². The van der Waals surface area contributed by atoms with Crippen molar-refractivity contribution in [2.75, 3.05) is 0 Å². The quantitative estimate of drug-likeness (QED) is 0.0874. The molecule has 0 aliphatic rings. The molecule has 0 bridgehead atoms. The molecule has 273 valence electrons. The molecule has 2 heterocycles. The van der Waals surface area contributed by atoms with Crippen LogP contribution in [0.15, 0.2) is 122 Å². The fraction of sp³-hybridized carbons (Fsp3) is 0.0606. The number of nitro benzene ring substituents is 1. The third kappa shape index (κ3) is 8.80. The van der Waals surface area contributed by atoms with Crippen molar-refractivity contribution >= 4 is 44.5 Å². The van der Waals surface area contributed by atoms with Gasteiger partial charge in [-0.15, -0.1) is 15.3 Å². The Hall–Kier alpha value is -6.79. The van der Waals surface area contributed by atoms with Crippen LogP contribution in [0.5, 0.6) is 17.5 Å². The van der Waals surface area contributed by atoms with Crippen LogP contribution in [0.25, 0.3) is 11.4 Å². The summed E-state index contributed by atoms with van der Waals surface area (Å²) in [6.45, 7) is 3.09. The molecule has 0 amide bonds. The maximum atomic E-state index is 12.5. The van der Waals surface area contributed by atoms with E-state index >= 15 is 0 Å². The summed E-state index contributed by atoms with van der Waals surface area (Å²) in [5, 5.41) is 82.2. The van der Waals surface area contributed by atoms with Crippen molar-refractivity contribution in [1.29, 1.82) is 0 Å². The molecule has 0 fully saturated rings. The van der Waals surface area contributed by atoms with E-state index in [4.69, 9.17) is 0 Å². The van der Waals surface area contributed by atoms with Gasteiger partial charge in [-0.05, 0) is 44.2 Å². The molecule has 0 saturated heterocycles. The Morgan fingerprint density at radius 2 is 1.17 bits per heavy atom. The van der Waals surface area contributed by atoms with E-state index in [1.807, 2.05) is 6.07 Å². The zero-order valence-corrected chi connectivity index (χ0v) is 29.8. The molecule has 0 unspecified atom stereocenters. The number of aromatic carboxylic acids is 1. The van der Waals surface area contributed by atoms with Crippen molar-refractivity contribution in [2.45, 2.75) is 18.7 Å². The van der Waals surface area contributed by atoms with Gasteiger partial charge in [0.15, 0.2) is 0 Å². The van der Waals surface area contributed by atoms with Crippen molar-refractivity contribution in [1.82, 2.24) is 19.6 Å². The van der Waals surface area contributed by atoms with Gasteiger partial charge in [0, 0.05) is 29.5 Å². The average Bonchev–Trinajstić information content (AvgIpc) is 3.59. The minimum Gasteiger partial charge on any atom is -0.870 e. The zero-order valence-electron chi connectivity index (χ0n) is 29.7. The summed E-state index contributed by atoms with van der Waals surface area (Å²) in [6, 6.07) is 24.3. The number of azo groups is 2. The second kappa shape index (κ2) is 16.7. The van der Waals surface area contributed by atoms with E-state index in [9.17, 15) is 48.3 Å². The minimum atomic E-state index is -5.29. The van der Waals surface area contributed by atoms with Gasteiger partial charge in [-0.2, -0.15) is 15.3 Å². The fourth-order valence-corrected chi connectivity index (χ4v) is 5.19. The number of carbonyl (C=O) groups excluding carboxylic acids is 1. The van der Waals surface area contributed by atoms with Crippen LogP contribution in [-0.4, -0.2) is 43.4 Å². The standard InChI is InChI=1S/C17H14N4O3.C16H13N5O7S.Cr/c1-11-15(16(22)21(20-11)12-7-3-2-4-8-12)19-18-14-10-6-5-9-13(14)17(23)24;1-9-14(16(23)20(19-9)10-5-3-2-4-6-10)18-17-12-7-11(21(24)25)8-13(15(12)22)29(26,27)28;/h2-10,22H,1H3,(H,23,24);2-8,22-23H,1H3,(H,26,27,28);/q;;+3/p-3. The largest absolute Gasteiger partial charge is 3.00 e. The monoisotopic (exact) mass is 790 g/mol. The summed E-state index contributed by atoms with van der Waals surface area (Å²) in [5.74, 6) is -3.82. The Bertz CT molecular complexity index is 2520. The van der Waals surface area contributed by atoms with Gasteiger partial charge in [-0.1, -0.05) is 60.3 Å². The number of carboxylic acid groups (broad SMARTS) is 1. The van der Waals surface area contributed by atoms with Crippen molar-refractivity contribution in [3.63, 3.8) is 0 Å². The SMILES string of the molecule is Cc1nn(-c2ccccc2)c([O-])c1N=Nc1cc([N+](=O)[O-])cc(S(=O)(=O)[O-])c1[O-].Cc1nn(-c2ccccc2)c([O-])c1N=Nc1ccccc1C(=O)[O-].[Cr+3].[H+].[H+]. The molecule has 54 heavy (non-hydrogen) atoms. The van der Waals surface area contributed by atoms with Gasteiger partial charge >= 0.3 is 20.2 Å². The third-order valence-electron chi connectivity index (χ3n) is 7.12. The summed E-state index contributed by atoms with van der Waals surface area (Å²) in [6.07, 6.45) is 0. The molecule has 0 aliphatic heterocycles. The van der Waals surface area contributed by atoms with Crippen LogP contribution in [0.3, 0.4) is 0 Å². The van der Waals surface area contributed by atoms with Crippen LogP contribution in [0.1, 0.15) is 24.6 Å². The molecule has 21 heteroatoms. The van der Waals surface area contributed by atoms with E-state index in [2.05, 4.69) is 30.7 Å². The van der Waals surface area contributed by atoms with Crippen LogP contribution in [0, 0.1) is 24.0 Å². The fourth-order valence-electron chi connectivity index (χ4n) is 4.59. The summed E-state index contributed by atoms with van der Waals surface area (Å²) < 4.78 is 35.9. The Balaban J connectivity index is 0.000000373. The molecule has 6 aromatic rings. The minimum absolute atomic E-state index is 0. The van der Waals surface area contributed by atoms with Gasteiger partial charge < -0.3 is 29.8 Å². The van der Waals surface area contributed by atoms with E-state index in [-0.39, 0.29) is 48.5 Å². The Kier molecular flexibility index (Phi) is 12.4. The predicted octanol–water partition coefficient (Wildman–Crippen LogP) is 3.81. The first-order valence-corrected chi connectivity index (χ1v) is 16.3. The molecule has 0 spiro atoms. The van der Waals surface area contributed by atoms with E-state index in [0.717, 1.165) is 4.68 Å². The smallest absolute Gasteiger partial charge is 0.870 e. The maximum Gasteiger partial charge on any atom is 3.00 e. The molecule has 19 nitrogen and oxygen atoms in total. The van der Waals surface area contributed by atoms with Gasteiger partial charge in [0.2, 0.25) is 0 Å². The summed E-state index contributed by atoms with van der Waals surface area (Å²) in [7, 11) is -5.29. The zero-order chi connectivity index (χ0) is 38.4. The molecular formula is C33H24CrN9O10S. The van der Waals surface area contributed by atoms with E-state index in [0.29, 0.717) is 29.2 Å². The molecule has 0 aliphatic carbocycles. The topological polar surface area (TPSA) is 295 Å². The summed E-state index contributed by atoms with van der Waals surface area (Å²) in [4.78, 5) is 19.7. The number of hydrogen-bond acceptors (Lipinski definition) is 16. The Morgan fingerprint density at radius 3 is 1.61 bits per heavy atom. The van der Waals surface area contributed by atoms with Crippen molar-refractivity contribution < 1.29 is 63.3 Å². The number of carbonyl (C=O) groups is 1.